The van der Waals surface area contributed by atoms with E-state index >= 15 is 0 Å². The van der Waals surface area contributed by atoms with Gasteiger partial charge in [-0.05, 0) is 68.5 Å². The van der Waals surface area contributed by atoms with Gasteiger partial charge < -0.3 is 15.5 Å². The molecule has 39 heavy (non-hydrogen) atoms. The van der Waals surface area contributed by atoms with Gasteiger partial charge in [-0.25, -0.2) is 8.42 Å². The Bertz CT molecular complexity index is 1490. The number of nitrogens with one attached hydrogen (secondary N) is 2. The van der Waals surface area contributed by atoms with E-state index < -0.39 is 15.9 Å². The first-order valence-corrected chi connectivity index (χ1v) is 14.5. The highest BCUT2D eigenvalue weighted by atomic mass is 32.2. The molecule has 4 rings (SSSR count). The molecule has 0 aromatic heterocycles. The minimum absolute atomic E-state index is 0.205. The molecule has 1 atom stereocenters. The lowest BCUT2D eigenvalue weighted by molar-refractivity contribution is -0.115. The highest BCUT2D eigenvalue weighted by Gasteiger charge is 2.36. The average Bonchev–Trinajstić information content (AvgIpc) is 3.22. The first-order chi connectivity index (χ1) is 18.6. The van der Waals surface area contributed by atoms with Crippen LogP contribution in [0.15, 0.2) is 77.8 Å². The van der Waals surface area contributed by atoms with Gasteiger partial charge in [-0.1, -0.05) is 36.4 Å². The van der Waals surface area contributed by atoms with Crippen LogP contribution in [0.25, 0.3) is 0 Å². The Balaban J connectivity index is 1.73. The normalized spacial score (nSPS) is 15.2. The highest BCUT2D eigenvalue weighted by Crippen LogP contribution is 2.37. The highest BCUT2D eigenvalue weighted by molar-refractivity contribution is 7.92. The molecule has 2 N–H and O–H groups in total. The quantitative estimate of drug-likeness (QED) is 0.377. The third-order valence-electron chi connectivity index (χ3n) is 6.36. The summed E-state index contributed by atoms with van der Waals surface area (Å²) in [5.41, 5.74) is 4.25. The molecule has 1 aliphatic heterocycles. The Kier molecular flexibility index (Phi) is 8.47. The molecule has 1 heterocycles. The summed E-state index contributed by atoms with van der Waals surface area (Å²) in [4.78, 5) is 32.4. The Hall–Kier alpha value is -4.02. The molecule has 0 bridgehead atoms. The van der Waals surface area contributed by atoms with Crippen molar-refractivity contribution in [3.8, 4) is 0 Å². The van der Waals surface area contributed by atoms with Crippen LogP contribution in [-0.4, -0.2) is 70.8 Å². The van der Waals surface area contributed by atoms with E-state index in [0.717, 1.165) is 11.1 Å². The lowest BCUT2D eigenvalue weighted by atomic mass is 9.90. The van der Waals surface area contributed by atoms with Gasteiger partial charge >= 0.3 is 0 Å². The van der Waals surface area contributed by atoms with E-state index in [1.54, 1.807) is 42.5 Å². The molecule has 0 saturated carbocycles. The average molecular weight is 548 g/mol. The summed E-state index contributed by atoms with van der Waals surface area (Å²) in [6, 6.07) is 21.6. The molecule has 204 valence electrons. The Morgan fingerprint density at radius 2 is 1.67 bits per heavy atom. The number of carbonyl (C=O) groups excluding carboxylic acids is 2. The van der Waals surface area contributed by atoms with Gasteiger partial charge in [0.2, 0.25) is 15.9 Å². The van der Waals surface area contributed by atoms with Crippen LogP contribution in [-0.2, 0) is 14.8 Å². The fraction of sp³-hybridized carbons (Fsp3) is 0.276. The maximum Gasteiger partial charge on any atom is 0.251 e. The Morgan fingerprint density at radius 1 is 0.974 bits per heavy atom. The number of hydrogen-bond donors (Lipinski definition) is 2. The number of nitrogens with zero attached hydrogens (tertiary/aromatic N) is 3. The summed E-state index contributed by atoms with van der Waals surface area (Å²) in [7, 11) is 0.310. The molecule has 1 unspecified atom stereocenters. The van der Waals surface area contributed by atoms with Crippen molar-refractivity contribution in [2.45, 2.75) is 12.8 Å². The summed E-state index contributed by atoms with van der Waals surface area (Å²) >= 11 is 0. The molecule has 3 aromatic rings. The van der Waals surface area contributed by atoms with Crippen LogP contribution < -0.4 is 14.9 Å². The topological polar surface area (TPSA) is 111 Å². The van der Waals surface area contributed by atoms with E-state index in [0.29, 0.717) is 48.0 Å². The predicted molar refractivity (Wildman–Crippen MR) is 156 cm³/mol. The molecule has 0 spiro atoms. The number of rotatable bonds is 10. The third-order valence-corrected chi connectivity index (χ3v) is 7.56. The van der Waals surface area contributed by atoms with Gasteiger partial charge in [-0.3, -0.25) is 18.9 Å². The minimum Gasteiger partial charge on any atom is -0.352 e. The maximum atomic E-state index is 13.3. The van der Waals surface area contributed by atoms with Crippen molar-refractivity contribution in [2.24, 2.45) is 4.99 Å². The predicted octanol–water partition coefficient (Wildman–Crippen LogP) is 3.62. The van der Waals surface area contributed by atoms with Crippen molar-refractivity contribution >= 4 is 44.6 Å². The first kappa shape index (κ1) is 28.0. The van der Waals surface area contributed by atoms with Crippen LogP contribution in [0.1, 0.15) is 34.3 Å². The molecule has 0 saturated heterocycles. The lowest BCUT2D eigenvalue weighted by Crippen LogP contribution is -2.35. The summed E-state index contributed by atoms with van der Waals surface area (Å²) in [6.07, 6.45) is 1.19. The third kappa shape index (κ3) is 6.52. The van der Waals surface area contributed by atoms with Gasteiger partial charge in [0.25, 0.3) is 5.91 Å². The van der Waals surface area contributed by atoms with Gasteiger partial charge in [0.15, 0.2) is 0 Å². The number of sulfonamides is 1. The van der Waals surface area contributed by atoms with Crippen molar-refractivity contribution < 1.29 is 18.0 Å². The van der Waals surface area contributed by atoms with Crippen LogP contribution in [0, 0.1) is 0 Å². The molecule has 1 aliphatic rings. The van der Waals surface area contributed by atoms with Gasteiger partial charge in [-0.2, -0.15) is 0 Å². The zero-order valence-electron chi connectivity index (χ0n) is 22.5. The van der Waals surface area contributed by atoms with Gasteiger partial charge in [-0.15, -0.1) is 0 Å². The van der Waals surface area contributed by atoms with Crippen molar-refractivity contribution in [3.63, 3.8) is 0 Å². The summed E-state index contributed by atoms with van der Waals surface area (Å²) in [5.74, 6) is -1.12. The molecule has 0 radical (unpaired) electrons. The van der Waals surface area contributed by atoms with Gasteiger partial charge in [0, 0.05) is 30.9 Å². The maximum absolute atomic E-state index is 13.3. The van der Waals surface area contributed by atoms with E-state index in [-0.39, 0.29) is 11.8 Å². The second-order valence-electron chi connectivity index (χ2n) is 9.60. The lowest BCUT2D eigenvalue weighted by Gasteiger charge is -2.24. The monoisotopic (exact) mass is 547 g/mol. The van der Waals surface area contributed by atoms with Crippen LogP contribution in [0.3, 0.4) is 0 Å². The summed E-state index contributed by atoms with van der Waals surface area (Å²) < 4.78 is 26.2. The fourth-order valence-corrected chi connectivity index (χ4v) is 5.37. The molecular weight excluding hydrogens is 514 g/mol. The number of amides is 2. The van der Waals surface area contributed by atoms with Crippen LogP contribution in [0.4, 0.5) is 17.1 Å². The van der Waals surface area contributed by atoms with Crippen LogP contribution >= 0.6 is 0 Å². The molecule has 9 nitrogen and oxygen atoms in total. The number of benzene rings is 3. The SMILES string of the molecule is CCNC(=O)c1ccc2c(c1)NC(=O)C2C(=Nc1ccc(N(CCN(C)C)S(C)(=O)=O)cc1)c1ccccc1. The standard InChI is InChI=1S/C29H33N5O4S/c1-5-30-28(35)21-11-16-24-25(19-21)32-29(36)26(24)27(20-9-7-6-8-10-20)31-22-12-14-23(15-13-22)34(39(4,37)38)18-17-33(2)3/h6-16,19,26H,5,17-18H2,1-4H3,(H,30,35)(H,32,36). The minimum atomic E-state index is -3.47. The number of carbonyl (C=O) groups is 2. The molecule has 0 fully saturated rings. The Morgan fingerprint density at radius 3 is 2.28 bits per heavy atom. The van der Waals surface area contributed by atoms with E-state index in [1.807, 2.05) is 56.3 Å². The molecule has 2 amide bonds. The second kappa shape index (κ2) is 11.8. The first-order valence-electron chi connectivity index (χ1n) is 12.7. The van der Waals surface area contributed by atoms with Gasteiger partial charge in [0.05, 0.1) is 23.3 Å². The molecule has 10 heteroatoms. The number of anilines is 2. The number of fused-ring (bicyclic) bond motifs is 1. The van der Waals surface area contributed by atoms with Crippen LogP contribution in [0.5, 0.6) is 0 Å². The second-order valence-corrected chi connectivity index (χ2v) is 11.5. The van der Waals surface area contributed by atoms with Crippen molar-refractivity contribution in [2.75, 3.05) is 49.6 Å². The smallest absolute Gasteiger partial charge is 0.251 e. The van der Waals surface area contributed by atoms with E-state index in [2.05, 4.69) is 10.6 Å². The summed E-state index contributed by atoms with van der Waals surface area (Å²) in [5, 5.41) is 5.68. The molecule has 3 aromatic carbocycles. The number of likely N-dealkylation sites (N-methyl/N-ethyl adjacent to an activating group) is 1. The van der Waals surface area contributed by atoms with E-state index in [4.69, 9.17) is 4.99 Å². The largest absolute Gasteiger partial charge is 0.352 e. The Labute approximate surface area is 229 Å². The van der Waals surface area contributed by atoms with E-state index in [1.165, 1.54) is 10.6 Å². The van der Waals surface area contributed by atoms with Crippen molar-refractivity contribution in [1.82, 2.24) is 10.2 Å². The number of aliphatic imine (C=N–C) groups is 1. The van der Waals surface area contributed by atoms with Gasteiger partial charge in [0.1, 0.15) is 5.92 Å². The molecular formula is C29H33N5O4S. The zero-order valence-corrected chi connectivity index (χ0v) is 23.3. The van der Waals surface area contributed by atoms with Crippen molar-refractivity contribution in [3.05, 3.63) is 89.5 Å². The van der Waals surface area contributed by atoms with Crippen molar-refractivity contribution in [1.29, 1.82) is 0 Å². The summed E-state index contributed by atoms with van der Waals surface area (Å²) in [6.45, 7) is 3.25. The number of hydrogen-bond acceptors (Lipinski definition) is 6. The van der Waals surface area contributed by atoms with Crippen LogP contribution in [0.2, 0.25) is 0 Å². The molecule has 0 aliphatic carbocycles. The zero-order chi connectivity index (χ0) is 28.2. The fourth-order valence-electron chi connectivity index (χ4n) is 4.45. The van der Waals surface area contributed by atoms with E-state index in [9.17, 15) is 18.0 Å².